The van der Waals surface area contributed by atoms with E-state index in [1.807, 2.05) is 36.4 Å². The van der Waals surface area contributed by atoms with Crippen LogP contribution in [0.15, 0.2) is 42.5 Å². The van der Waals surface area contributed by atoms with Gasteiger partial charge in [-0.2, -0.15) is 0 Å². The third kappa shape index (κ3) is 3.70. The van der Waals surface area contributed by atoms with E-state index < -0.39 is 0 Å². The number of nitrogens with one attached hydrogen (secondary N) is 1. The van der Waals surface area contributed by atoms with Crippen molar-refractivity contribution < 1.29 is 4.74 Å². The predicted octanol–water partition coefficient (Wildman–Crippen LogP) is 3.86. The molecule has 2 rings (SSSR count). The van der Waals surface area contributed by atoms with Crippen molar-refractivity contribution in [2.24, 2.45) is 5.73 Å². The van der Waals surface area contributed by atoms with Crippen LogP contribution in [0.5, 0.6) is 0 Å². The number of methoxy groups -OCH3 is 1. The number of halogens is 1. The third-order valence-corrected chi connectivity index (χ3v) is 3.32. The molecule has 2 aromatic carbocycles. The van der Waals surface area contributed by atoms with E-state index in [4.69, 9.17) is 34.3 Å². The molecule has 20 heavy (non-hydrogen) atoms. The molecule has 0 amide bonds. The summed E-state index contributed by atoms with van der Waals surface area (Å²) in [6.07, 6.45) is 0. The van der Waals surface area contributed by atoms with Crippen LogP contribution in [-0.4, -0.2) is 12.1 Å². The molecule has 0 radical (unpaired) electrons. The Hall–Kier alpha value is -1.62. The van der Waals surface area contributed by atoms with Crippen molar-refractivity contribution in [3.63, 3.8) is 0 Å². The van der Waals surface area contributed by atoms with Gasteiger partial charge in [0.25, 0.3) is 0 Å². The van der Waals surface area contributed by atoms with Crippen LogP contribution < -0.4 is 11.1 Å². The lowest BCUT2D eigenvalue weighted by Gasteiger charge is -2.11. The predicted molar refractivity (Wildman–Crippen MR) is 87.8 cm³/mol. The lowest BCUT2D eigenvalue weighted by Crippen LogP contribution is -2.09. The zero-order valence-electron chi connectivity index (χ0n) is 11.0. The van der Waals surface area contributed by atoms with Crippen molar-refractivity contribution in [3.8, 4) is 0 Å². The van der Waals surface area contributed by atoms with Gasteiger partial charge >= 0.3 is 0 Å². The number of hydrogen-bond acceptors (Lipinski definition) is 3. The van der Waals surface area contributed by atoms with E-state index in [0.717, 1.165) is 22.5 Å². The maximum Gasteiger partial charge on any atom is 0.104 e. The Balaban J connectivity index is 2.21. The molecule has 5 heteroatoms. The van der Waals surface area contributed by atoms with Crippen LogP contribution in [0.1, 0.15) is 11.1 Å². The molecular formula is C15H15ClN2OS. The number of thiocarbonyl (C=S) groups is 1. The monoisotopic (exact) mass is 306 g/mol. The Morgan fingerprint density at radius 1 is 1.30 bits per heavy atom. The fourth-order valence-corrected chi connectivity index (χ4v) is 2.19. The molecule has 0 saturated heterocycles. The number of benzene rings is 2. The van der Waals surface area contributed by atoms with Crippen LogP contribution in [0.25, 0.3) is 0 Å². The third-order valence-electron chi connectivity index (χ3n) is 2.77. The number of nitrogens with two attached hydrogens (primary N) is 1. The van der Waals surface area contributed by atoms with Gasteiger partial charge in [0.15, 0.2) is 0 Å². The molecule has 2 aromatic rings. The van der Waals surface area contributed by atoms with E-state index in [0.29, 0.717) is 16.6 Å². The van der Waals surface area contributed by atoms with E-state index in [2.05, 4.69) is 5.32 Å². The number of anilines is 2. The van der Waals surface area contributed by atoms with E-state index in [1.165, 1.54) is 0 Å². The number of hydrogen-bond donors (Lipinski definition) is 2. The number of rotatable bonds is 5. The highest BCUT2D eigenvalue weighted by atomic mass is 35.5. The van der Waals surface area contributed by atoms with E-state index >= 15 is 0 Å². The van der Waals surface area contributed by atoms with E-state index in [1.54, 1.807) is 13.2 Å². The first kappa shape index (κ1) is 14.8. The van der Waals surface area contributed by atoms with Crippen LogP contribution in [0.4, 0.5) is 11.4 Å². The van der Waals surface area contributed by atoms with Crippen LogP contribution in [0.3, 0.4) is 0 Å². The molecule has 0 aromatic heterocycles. The molecule has 0 spiro atoms. The summed E-state index contributed by atoms with van der Waals surface area (Å²) in [5.41, 5.74) is 9.18. The van der Waals surface area contributed by atoms with Gasteiger partial charge < -0.3 is 15.8 Å². The average Bonchev–Trinajstić information content (AvgIpc) is 2.42. The maximum atomic E-state index is 6.22. The largest absolute Gasteiger partial charge is 0.389 e. The van der Waals surface area contributed by atoms with Gasteiger partial charge in [0, 0.05) is 18.4 Å². The van der Waals surface area contributed by atoms with E-state index in [9.17, 15) is 0 Å². The van der Waals surface area contributed by atoms with Crippen molar-refractivity contribution in [1.29, 1.82) is 0 Å². The van der Waals surface area contributed by atoms with Gasteiger partial charge in [-0.15, -0.1) is 0 Å². The number of ether oxygens (including phenoxy) is 1. The minimum Gasteiger partial charge on any atom is -0.389 e. The summed E-state index contributed by atoms with van der Waals surface area (Å²) in [5, 5.41) is 3.84. The minimum atomic E-state index is 0.334. The van der Waals surface area contributed by atoms with Gasteiger partial charge in [0.1, 0.15) is 4.99 Å². The molecule has 0 aliphatic carbocycles. The molecule has 0 aliphatic rings. The molecule has 0 aliphatic heterocycles. The van der Waals surface area contributed by atoms with Crippen molar-refractivity contribution >= 4 is 40.2 Å². The molecular weight excluding hydrogens is 292 g/mol. The second-order valence-corrected chi connectivity index (χ2v) is 5.16. The Morgan fingerprint density at radius 2 is 2.10 bits per heavy atom. The standard InChI is InChI=1S/C15H15ClN2OS/c1-19-9-10-3-2-4-12(7-10)18-14-6-5-11(15(17)20)8-13(14)16/h2-8,18H,9H2,1H3,(H2,17,20). The van der Waals surface area contributed by atoms with Gasteiger partial charge in [0.2, 0.25) is 0 Å². The molecule has 3 nitrogen and oxygen atoms in total. The average molecular weight is 307 g/mol. The van der Waals surface area contributed by atoms with Gasteiger partial charge in [0.05, 0.1) is 17.3 Å². The fraction of sp³-hybridized carbons (Fsp3) is 0.133. The molecule has 0 bridgehead atoms. The first-order valence-electron chi connectivity index (χ1n) is 6.04. The smallest absolute Gasteiger partial charge is 0.104 e. The SMILES string of the molecule is COCc1cccc(Nc2ccc(C(N)=S)cc2Cl)c1. The first-order valence-corrected chi connectivity index (χ1v) is 6.83. The van der Waals surface area contributed by atoms with Crippen molar-refractivity contribution in [2.75, 3.05) is 12.4 Å². The molecule has 0 atom stereocenters. The normalized spacial score (nSPS) is 10.3. The summed E-state index contributed by atoms with van der Waals surface area (Å²) >= 11 is 11.1. The van der Waals surface area contributed by atoms with Gasteiger partial charge in [-0.25, -0.2) is 0 Å². The van der Waals surface area contributed by atoms with Gasteiger partial charge in [-0.3, -0.25) is 0 Å². The summed E-state index contributed by atoms with van der Waals surface area (Å²) in [4.78, 5) is 0.334. The highest BCUT2D eigenvalue weighted by Crippen LogP contribution is 2.27. The van der Waals surface area contributed by atoms with Crippen LogP contribution in [0, 0.1) is 0 Å². The second-order valence-electron chi connectivity index (χ2n) is 4.32. The molecule has 0 saturated carbocycles. The lowest BCUT2D eigenvalue weighted by molar-refractivity contribution is 0.185. The Morgan fingerprint density at radius 3 is 2.75 bits per heavy atom. The van der Waals surface area contributed by atoms with Gasteiger partial charge in [-0.05, 0) is 35.9 Å². The minimum absolute atomic E-state index is 0.334. The zero-order chi connectivity index (χ0) is 14.5. The fourth-order valence-electron chi connectivity index (χ4n) is 1.83. The van der Waals surface area contributed by atoms with Crippen LogP contribution in [0.2, 0.25) is 5.02 Å². The molecule has 104 valence electrons. The topological polar surface area (TPSA) is 47.3 Å². The molecule has 0 heterocycles. The zero-order valence-corrected chi connectivity index (χ0v) is 12.6. The Bertz CT molecular complexity index is 631. The van der Waals surface area contributed by atoms with Gasteiger partial charge in [-0.1, -0.05) is 36.0 Å². The van der Waals surface area contributed by atoms with Crippen LogP contribution >= 0.6 is 23.8 Å². The lowest BCUT2D eigenvalue weighted by atomic mass is 10.2. The maximum absolute atomic E-state index is 6.22. The Labute approximate surface area is 128 Å². The summed E-state index contributed by atoms with van der Waals surface area (Å²) in [7, 11) is 1.67. The van der Waals surface area contributed by atoms with E-state index in [-0.39, 0.29) is 0 Å². The highest BCUT2D eigenvalue weighted by molar-refractivity contribution is 7.80. The molecule has 3 N–H and O–H groups in total. The second kappa shape index (κ2) is 6.70. The summed E-state index contributed by atoms with van der Waals surface area (Å²) in [6, 6.07) is 13.4. The first-order chi connectivity index (χ1) is 9.60. The van der Waals surface area contributed by atoms with Crippen molar-refractivity contribution in [2.45, 2.75) is 6.61 Å². The summed E-state index contributed by atoms with van der Waals surface area (Å²) in [6.45, 7) is 0.573. The summed E-state index contributed by atoms with van der Waals surface area (Å²) in [5.74, 6) is 0. The molecule has 0 fully saturated rings. The quantitative estimate of drug-likeness (QED) is 0.823. The highest BCUT2D eigenvalue weighted by Gasteiger charge is 2.04. The van der Waals surface area contributed by atoms with Crippen molar-refractivity contribution in [3.05, 3.63) is 58.6 Å². The molecule has 0 unspecified atom stereocenters. The summed E-state index contributed by atoms with van der Waals surface area (Å²) < 4.78 is 5.12. The Kier molecular flexibility index (Phi) is 4.95. The van der Waals surface area contributed by atoms with Crippen molar-refractivity contribution in [1.82, 2.24) is 0 Å². The van der Waals surface area contributed by atoms with Crippen LogP contribution in [-0.2, 0) is 11.3 Å².